The number of nitrogens with two attached hydrogens (primary N) is 1. The van der Waals surface area contributed by atoms with Crippen LogP contribution in [0.4, 0.5) is 17.3 Å². The van der Waals surface area contributed by atoms with Crippen LogP contribution in [-0.2, 0) is 6.54 Å². The molecule has 1 aromatic carbocycles. The number of benzene rings is 1. The largest absolute Gasteiger partial charge is 0.384 e. The van der Waals surface area contributed by atoms with Gasteiger partial charge < -0.3 is 15.6 Å². The molecule has 3 rings (SSSR count). The maximum atomic E-state index is 5.80. The Labute approximate surface area is 130 Å². The minimum absolute atomic E-state index is 0.578. The summed E-state index contributed by atoms with van der Waals surface area (Å²) in [4.78, 5) is 4.37. The SMILES string of the molecule is Cc1cc(N)nc(C)c1Cn1cccc1Nc1ccccc1. The third-order valence-corrected chi connectivity index (χ3v) is 3.78. The van der Waals surface area contributed by atoms with Crippen molar-refractivity contribution in [3.05, 3.63) is 71.5 Å². The van der Waals surface area contributed by atoms with Crippen molar-refractivity contribution in [3.63, 3.8) is 0 Å². The zero-order valence-corrected chi connectivity index (χ0v) is 12.9. The van der Waals surface area contributed by atoms with E-state index < -0.39 is 0 Å². The first-order valence-corrected chi connectivity index (χ1v) is 7.33. The van der Waals surface area contributed by atoms with Gasteiger partial charge in [-0.1, -0.05) is 18.2 Å². The Morgan fingerprint density at radius 2 is 1.86 bits per heavy atom. The lowest BCUT2D eigenvalue weighted by Gasteiger charge is -2.15. The second-order valence-electron chi connectivity index (χ2n) is 5.44. The van der Waals surface area contributed by atoms with Crippen LogP contribution in [0.5, 0.6) is 0 Å². The average Bonchev–Trinajstić information content (AvgIpc) is 2.91. The van der Waals surface area contributed by atoms with Crippen molar-refractivity contribution in [1.82, 2.24) is 9.55 Å². The number of aromatic nitrogens is 2. The Morgan fingerprint density at radius 1 is 1.09 bits per heavy atom. The molecule has 0 bridgehead atoms. The number of anilines is 3. The van der Waals surface area contributed by atoms with Gasteiger partial charge in [-0.2, -0.15) is 0 Å². The highest BCUT2D eigenvalue weighted by Crippen LogP contribution is 2.21. The van der Waals surface area contributed by atoms with E-state index in [1.54, 1.807) is 0 Å². The molecule has 2 heterocycles. The van der Waals surface area contributed by atoms with Crippen LogP contribution in [0.3, 0.4) is 0 Å². The Hall–Kier alpha value is -2.75. The van der Waals surface area contributed by atoms with Crippen molar-refractivity contribution in [2.75, 3.05) is 11.1 Å². The summed E-state index contributed by atoms with van der Waals surface area (Å²) in [6.07, 6.45) is 2.07. The Bertz CT molecular complexity index is 752. The second kappa shape index (κ2) is 5.93. The highest BCUT2D eigenvalue weighted by Gasteiger charge is 2.08. The van der Waals surface area contributed by atoms with Crippen LogP contribution in [0.15, 0.2) is 54.7 Å². The fraction of sp³-hybridized carbons (Fsp3) is 0.167. The van der Waals surface area contributed by atoms with Gasteiger partial charge in [-0.25, -0.2) is 4.98 Å². The molecule has 0 aliphatic heterocycles. The number of nitrogen functional groups attached to an aromatic ring is 1. The molecule has 22 heavy (non-hydrogen) atoms. The van der Waals surface area contributed by atoms with Crippen molar-refractivity contribution in [2.45, 2.75) is 20.4 Å². The summed E-state index contributed by atoms with van der Waals surface area (Å²) in [6.45, 7) is 4.85. The monoisotopic (exact) mass is 292 g/mol. The Kier molecular flexibility index (Phi) is 3.83. The molecule has 0 aliphatic carbocycles. The maximum Gasteiger partial charge on any atom is 0.123 e. The molecule has 0 atom stereocenters. The number of pyridine rings is 1. The fourth-order valence-electron chi connectivity index (χ4n) is 2.63. The molecular formula is C18H20N4. The van der Waals surface area contributed by atoms with E-state index in [1.165, 1.54) is 11.1 Å². The lowest BCUT2D eigenvalue weighted by molar-refractivity contribution is 0.796. The minimum Gasteiger partial charge on any atom is -0.384 e. The van der Waals surface area contributed by atoms with E-state index in [1.807, 2.05) is 37.3 Å². The second-order valence-corrected chi connectivity index (χ2v) is 5.44. The van der Waals surface area contributed by atoms with Crippen LogP contribution in [0.25, 0.3) is 0 Å². The van der Waals surface area contributed by atoms with Gasteiger partial charge in [-0.05, 0) is 55.3 Å². The van der Waals surface area contributed by atoms with Crippen molar-refractivity contribution in [3.8, 4) is 0 Å². The molecule has 3 N–H and O–H groups in total. The zero-order chi connectivity index (χ0) is 15.5. The fourth-order valence-corrected chi connectivity index (χ4v) is 2.63. The summed E-state index contributed by atoms with van der Waals surface area (Å²) in [5, 5.41) is 3.44. The number of nitrogens with zero attached hydrogens (tertiary/aromatic N) is 2. The smallest absolute Gasteiger partial charge is 0.123 e. The van der Waals surface area contributed by atoms with Crippen LogP contribution in [-0.4, -0.2) is 9.55 Å². The maximum absolute atomic E-state index is 5.80. The van der Waals surface area contributed by atoms with Gasteiger partial charge in [0.15, 0.2) is 0 Å². The first kappa shape index (κ1) is 14.2. The summed E-state index contributed by atoms with van der Waals surface area (Å²) < 4.78 is 2.18. The number of para-hydroxylation sites is 1. The minimum atomic E-state index is 0.578. The average molecular weight is 292 g/mol. The van der Waals surface area contributed by atoms with Crippen molar-refractivity contribution < 1.29 is 0 Å². The van der Waals surface area contributed by atoms with Gasteiger partial charge in [0.05, 0.1) is 6.54 Å². The van der Waals surface area contributed by atoms with E-state index >= 15 is 0 Å². The number of aryl methyl sites for hydroxylation is 2. The van der Waals surface area contributed by atoms with Crippen molar-refractivity contribution >= 4 is 17.3 Å². The molecule has 0 aliphatic rings. The molecule has 0 saturated heterocycles. The van der Waals surface area contributed by atoms with Gasteiger partial charge in [0, 0.05) is 17.6 Å². The summed E-state index contributed by atoms with van der Waals surface area (Å²) in [5.74, 6) is 1.63. The summed E-state index contributed by atoms with van der Waals surface area (Å²) in [7, 11) is 0. The highest BCUT2D eigenvalue weighted by atomic mass is 15.1. The molecule has 0 fully saturated rings. The highest BCUT2D eigenvalue weighted by molar-refractivity contribution is 5.56. The number of hydrogen-bond donors (Lipinski definition) is 2. The van der Waals surface area contributed by atoms with E-state index in [0.717, 1.165) is 23.7 Å². The van der Waals surface area contributed by atoms with Gasteiger partial charge in [0.25, 0.3) is 0 Å². The lowest BCUT2D eigenvalue weighted by atomic mass is 10.1. The molecule has 4 heteroatoms. The zero-order valence-electron chi connectivity index (χ0n) is 12.9. The molecule has 0 radical (unpaired) electrons. The van der Waals surface area contributed by atoms with Crippen molar-refractivity contribution in [1.29, 1.82) is 0 Å². The molecule has 3 aromatic rings. The third-order valence-electron chi connectivity index (χ3n) is 3.78. The van der Waals surface area contributed by atoms with Crippen LogP contribution in [0.1, 0.15) is 16.8 Å². The molecule has 112 valence electrons. The van der Waals surface area contributed by atoms with E-state index in [2.05, 4.69) is 46.2 Å². The van der Waals surface area contributed by atoms with E-state index in [-0.39, 0.29) is 0 Å². The molecule has 0 spiro atoms. The van der Waals surface area contributed by atoms with Crippen LogP contribution in [0, 0.1) is 13.8 Å². The van der Waals surface area contributed by atoms with Gasteiger partial charge in [0.2, 0.25) is 0 Å². The normalized spacial score (nSPS) is 10.6. The molecule has 0 unspecified atom stereocenters. The molecule has 2 aromatic heterocycles. The van der Waals surface area contributed by atoms with Gasteiger partial charge in [0.1, 0.15) is 11.6 Å². The number of nitrogens with one attached hydrogen (secondary N) is 1. The van der Waals surface area contributed by atoms with Gasteiger partial charge >= 0.3 is 0 Å². The van der Waals surface area contributed by atoms with Crippen LogP contribution >= 0.6 is 0 Å². The van der Waals surface area contributed by atoms with E-state index in [0.29, 0.717) is 5.82 Å². The van der Waals surface area contributed by atoms with Crippen LogP contribution < -0.4 is 11.1 Å². The van der Waals surface area contributed by atoms with E-state index in [9.17, 15) is 0 Å². The van der Waals surface area contributed by atoms with Crippen LogP contribution in [0.2, 0.25) is 0 Å². The molecule has 4 nitrogen and oxygen atoms in total. The third kappa shape index (κ3) is 2.96. The predicted molar refractivity (Wildman–Crippen MR) is 91.4 cm³/mol. The predicted octanol–water partition coefficient (Wildman–Crippen LogP) is 3.87. The Balaban J connectivity index is 1.87. The summed E-state index contributed by atoms with van der Waals surface area (Å²) >= 11 is 0. The number of rotatable bonds is 4. The first-order valence-electron chi connectivity index (χ1n) is 7.33. The summed E-state index contributed by atoms with van der Waals surface area (Å²) in [5.41, 5.74) is 10.2. The van der Waals surface area contributed by atoms with Gasteiger partial charge in [-0.15, -0.1) is 0 Å². The molecule has 0 saturated carbocycles. The van der Waals surface area contributed by atoms with E-state index in [4.69, 9.17) is 5.73 Å². The topological polar surface area (TPSA) is 55.9 Å². The quantitative estimate of drug-likeness (QED) is 0.767. The number of hydrogen-bond acceptors (Lipinski definition) is 3. The van der Waals surface area contributed by atoms with Crippen molar-refractivity contribution in [2.24, 2.45) is 0 Å². The summed E-state index contributed by atoms with van der Waals surface area (Å²) in [6, 6.07) is 16.2. The molecular weight excluding hydrogens is 272 g/mol. The molecule has 0 amide bonds. The standard InChI is InChI=1S/C18H20N4/c1-13-11-17(19)20-14(2)16(13)12-22-10-6-9-18(22)21-15-7-4-3-5-8-15/h3-11,21H,12H2,1-2H3,(H2,19,20). The van der Waals surface area contributed by atoms with Gasteiger partial charge in [-0.3, -0.25) is 0 Å². The lowest BCUT2D eigenvalue weighted by Crippen LogP contribution is -2.08. The first-order chi connectivity index (χ1) is 10.6. The Morgan fingerprint density at radius 3 is 2.59 bits per heavy atom.